The lowest BCUT2D eigenvalue weighted by atomic mass is 10.3. The van der Waals surface area contributed by atoms with Crippen molar-refractivity contribution in [2.75, 3.05) is 11.9 Å². The summed E-state index contributed by atoms with van der Waals surface area (Å²) in [5, 5.41) is 2.57. The molecule has 98 valence electrons. The minimum absolute atomic E-state index is 0.293. The molecule has 0 fully saturated rings. The zero-order valence-corrected chi connectivity index (χ0v) is 10.6. The number of nitrogens with one attached hydrogen (secondary N) is 1. The molecule has 5 nitrogen and oxygen atoms in total. The van der Waals surface area contributed by atoms with E-state index in [2.05, 4.69) is 5.32 Å². The predicted molar refractivity (Wildman–Crippen MR) is 67.6 cm³/mol. The molecule has 1 N–H and O–H groups in total. The van der Waals surface area contributed by atoms with Crippen molar-refractivity contribution in [3.8, 4) is 5.75 Å². The lowest BCUT2D eigenvalue weighted by Crippen LogP contribution is -2.14. The van der Waals surface area contributed by atoms with Crippen molar-refractivity contribution >= 4 is 17.7 Å². The van der Waals surface area contributed by atoms with E-state index < -0.39 is 6.09 Å². The molecule has 0 atom stereocenters. The molecule has 1 aromatic carbocycles. The van der Waals surface area contributed by atoms with Gasteiger partial charge in [0.25, 0.3) is 0 Å². The lowest BCUT2D eigenvalue weighted by molar-refractivity contribution is -0.134. The number of anilines is 1. The van der Waals surface area contributed by atoms with Crippen LogP contribution in [-0.2, 0) is 9.53 Å². The van der Waals surface area contributed by atoms with Gasteiger partial charge in [0, 0.05) is 12.1 Å². The fraction of sp³-hybridized carbons (Fsp3) is 0.385. The second-order valence-electron chi connectivity index (χ2n) is 3.61. The fourth-order valence-electron chi connectivity index (χ4n) is 1.16. The van der Waals surface area contributed by atoms with E-state index in [9.17, 15) is 9.59 Å². The molecule has 0 aliphatic heterocycles. The first-order valence-corrected chi connectivity index (χ1v) is 5.90. The second-order valence-corrected chi connectivity index (χ2v) is 3.61. The van der Waals surface area contributed by atoms with Gasteiger partial charge in [0.15, 0.2) is 0 Å². The molecule has 0 saturated carbocycles. The van der Waals surface area contributed by atoms with Crippen LogP contribution in [0.1, 0.15) is 26.7 Å². The molecule has 0 saturated heterocycles. The van der Waals surface area contributed by atoms with Crippen molar-refractivity contribution in [1.82, 2.24) is 0 Å². The Hall–Kier alpha value is -2.04. The van der Waals surface area contributed by atoms with Crippen molar-refractivity contribution in [2.24, 2.45) is 0 Å². The van der Waals surface area contributed by atoms with Crippen LogP contribution in [-0.4, -0.2) is 18.7 Å². The molecule has 0 heterocycles. The zero-order chi connectivity index (χ0) is 13.4. The van der Waals surface area contributed by atoms with Crippen LogP contribution >= 0.6 is 0 Å². The van der Waals surface area contributed by atoms with Gasteiger partial charge in [-0.3, -0.25) is 10.1 Å². The van der Waals surface area contributed by atoms with Crippen molar-refractivity contribution in [3.63, 3.8) is 0 Å². The van der Waals surface area contributed by atoms with Crippen molar-refractivity contribution in [2.45, 2.75) is 26.7 Å². The zero-order valence-electron chi connectivity index (χ0n) is 10.6. The maximum atomic E-state index is 11.3. The number of carbonyl (C=O) groups excluding carboxylic acids is 2. The first kappa shape index (κ1) is 14.0. The number of benzene rings is 1. The van der Waals surface area contributed by atoms with Crippen LogP contribution in [0.15, 0.2) is 24.3 Å². The number of hydrogen-bond acceptors (Lipinski definition) is 4. The van der Waals surface area contributed by atoms with Gasteiger partial charge in [-0.25, -0.2) is 4.79 Å². The topological polar surface area (TPSA) is 64.6 Å². The van der Waals surface area contributed by atoms with E-state index >= 15 is 0 Å². The molecule has 0 aliphatic carbocycles. The van der Waals surface area contributed by atoms with Crippen LogP contribution < -0.4 is 10.1 Å². The Kier molecular flexibility index (Phi) is 5.70. The van der Waals surface area contributed by atoms with Crippen LogP contribution in [0.3, 0.4) is 0 Å². The summed E-state index contributed by atoms with van der Waals surface area (Å²) in [6.45, 7) is 4.03. The summed E-state index contributed by atoms with van der Waals surface area (Å²) in [5.41, 5.74) is 0.590. The highest BCUT2D eigenvalue weighted by Crippen LogP contribution is 2.16. The normalized spacial score (nSPS) is 9.67. The van der Waals surface area contributed by atoms with E-state index in [4.69, 9.17) is 9.47 Å². The van der Waals surface area contributed by atoms with Gasteiger partial charge in [-0.1, -0.05) is 13.8 Å². The highest BCUT2D eigenvalue weighted by atomic mass is 16.5. The van der Waals surface area contributed by atoms with Crippen LogP contribution in [0, 0.1) is 0 Å². The SMILES string of the molecule is CCCOC(=O)Nc1ccc(OC(=O)CC)cc1. The summed E-state index contributed by atoms with van der Waals surface area (Å²) in [6, 6.07) is 6.52. The van der Waals surface area contributed by atoms with Crippen molar-refractivity contribution in [3.05, 3.63) is 24.3 Å². The van der Waals surface area contributed by atoms with Gasteiger partial charge in [-0.15, -0.1) is 0 Å². The minimum Gasteiger partial charge on any atom is -0.449 e. The first-order chi connectivity index (χ1) is 8.65. The standard InChI is InChI=1S/C13H17NO4/c1-3-9-17-13(16)14-10-5-7-11(8-6-10)18-12(15)4-2/h5-8H,3-4,9H2,1-2H3,(H,14,16). The molecule has 1 aromatic rings. The fourth-order valence-corrected chi connectivity index (χ4v) is 1.16. The Morgan fingerprint density at radius 1 is 1.17 bits per heavy atom. The average Bonchev–Trinajstić information content (AvgIpc) is 2.38. The van der Waals surface area contributed by atoms with E-state index in [1.165, 1.54) is 0 Å². The van der Waals surface area contributed by atoms with Gasteiger partial charge in [-0.2, -0.15) is 0 Å². The molecule has 0 aromatic heterocycles. The number of ether oxygens (including phenoxy) is 2. The summed E-state index contributed by atoms with van der Waals surface area (Å²) < 4.78 is 9.88. The van der Waals surface area contributed by atoms with Gasteiger partial charge in [0.2, 0.25) is 0 Å². The molecule has 18 heavy (non-hydrogen) atoms. The van der Waals surface area contributed by atoms with Gasteiger partial charge < -0.3 is 9.47 Å². The first-order valence-electron chi connectivity index (χ1n) is 5.90. The number of amides is 1. The number of carbonyl (C=O) groups is 2. The minimum atomic E-state index is -0.491. The van der Waals surface area contributed by atoms with E-state index in [0.717, 1.165) is 6.42 Å². The van der Waals surface area contributed by atoms with Crippen LogP contribution in [0.5, 0.6) is 5.75 Å². The van der Waals surface area contributed by atoms with Gasteiger partial charge in [0.05, 0.1) is 6.61 Å². The molecule has 1 amide bonds. The van der Waals surface area contributed by atoms with E-state index in [1.54, 1.807) is 31.2 Å². The maximum absolute atomic E-state index is 11.3. The average molecular weight is 251 g/mol. The van der Waals surface area contributed by atoms with Gasteiger partial charge >= 0.3 is 12.1 Å². The van der Waals surface area contributed by atoms with Crippen LogP contribution in [0.25, 0.3) is 0 Å². The smallest absolute Gasteiger partial charge is 0.411 e. The summed E-state index contributed by atoms with van der Waals surface area (Å²) in [4.78, 5) is 22.3. The van der Waals surface area contributed by atoms with Crippen LogP contribution in [0.2, 0.25) is 0 Å². The molecule has 0 unspecified atom stereocenters. The monoisotopic (exact) mass is 251 g/mol. The Balaban J connectivity index is 2.49. The third kappa shape index (κ3) is 4.86. The van der Waals surface area contributed by atoms with Crippen molar-refractivity contribution in [1.29, 1.82) is 0 Å². The Labute approximate surface area is 106 Å². The summed E-state index contributed by atoms with van der Waals surface area (Å²) in [5.74, 6) is 0.160. The Morgan fingerprint density at radius 3 is 2.39 bits per heavy atom. The third-order valence-electron chi connectivity index (χ3n) is 2.06. The molecular weight excluding hydrogens is 234 g/mol. The van der Waals surface area contributed by atoms with Crippen molar-refractivity contribution < 1.29 is 19.1 Å². The predicted octanol–water partition coefficient (Wildman–Crippen LogP) is 2.96. The summed E-state index contributed by atoms with van der Waals surface area (Å²) >= 11 is 0. The molecule has 0 bridgehead atoms. The quantitative estimate of drug-likeness (QED) is 0.645. The molecule has 0 aliphatic rings. The number of esters is 1. The highest BCUT2D eigenvalue weighted by Gasteiger charge is 2.04. The highest BCUT2D eigenvalue weighted by molar-refractivity contribution is 5.84. The number of hydrogen-bond donors (Lipinski definition) is 1. The van der Waals surface area contributed by atoms with E-state index in [0.29, 0.717) is 24.5 Å². The Morgan fingerprint density at radius 2 is 1.83 bits per heavy atom. The molecule has 1 rings (SSSR count). The maximum Gasteiger partial charge on any atom is 0.411 e. The lowest BCUT2D eigenvalue weighted by Gasteiger charge is -2.07. The van der Waals surface area contributed by atoms with Gasteiger partial charge in [-0.05, 0) is 30.7 Å². The third-order valence-corrected chi connectivity index (χ3v) is 2.06. The molecule has 0 radical (unpaired) electrons. The second kappa shape index (κ2) is 7.32. The largest absolute Gasteiger partial charge is 0.449 e. The summed E-state index contributed by atoms with van der Waals surface area (Å²) in [7, 11) is 0. The van der Waals surface area contributed by atoms with E-state index in [-0.39, 0.29) is 5.97 Å². The Bertz CT molecular complexity index is 400. The molecule has 0 spiro atoms. The molecular formula is C13H17NO4. The van der Waals surface area contributed by atoms with Crippen LogP contribution in [0.4, 0.5) is 10.5 Å². The van der Waals surface area contributed by atoms with Gasteiger partial charge in [0.1, 0.15) is 5.75 Å². The van der Waals surface area contributed by atoms with E-state index in [1.807, 2.05) is 6.92 Å². The number of rotatable bonds is 5. The molecule has 5 heteroatoms. The summed E-state index contributed by atoms with van der Waals surface area (Å²) in [6.07, 6.45) is 0.609.